The smallest absolute Gasteiger partial charge is 0.227 e. The van der Waals surface area contributed by atoms with Gasteiger partial charge in [-0.2, -0.15) is 0 Å². The summed E-state index contributed by atoms with van der Waals surface area (Å²) in [6.07, 6.45) is 3.29. The molecule has 1 unspecified atom stereocenters. The molecule has 135 valence electrons. The summed E-state index contributed by atoms with van der Waals surface area (Å²) in [7, 11) is 2.02. The molecule has 0 saturated heterocycles. The van der Waals surface area contributed by atoms with Crippen LogP contribution in [0.15, 0.2) is 60.8 Å². The minimum Gasteiger partial charge on any atom is -0.394 e. The van der Waals surface area contributed by atoms with Crippen LogP contribution in [0.25, 0.3) is 10.9 Å². The van der Waals surface area contributed by atoms with Crippen LogP contribution in [-0.4, -0.2) is 28.2 Å². The number of aliphatic hydroxyl groups is 1. The summed E-state index contributed by atoms with van der Waals surface area (Å²) < 4.78 is 2.09. The highest BCUT2D eigenvalue weighted by atomic mass is 16.3. The molecular formula is C22H25N2O2. The molecule has 26 heavy (non-hydrogen) atoms. The van der Waals surface area contributed by atoms with Gasteiger partial charge < -0.3 is 15.0 Å². The number of rotatable bonds is 7. The highest BCUT2D eigenvalue weighted by Crippen LogP contribution is 2.23. The Balaban J connectivity index is 1.65. The fourth-order valence-corrected chi connectivity index (χ4v) is 3.30. The monoisotopic (exact) mass is 349 g/mol. The van der Waals surface area contributed by atoms with Gasteiger partial charge in [0.15, 0.2) is 0 Å². The van der Waals surface area contributed by atoms with Crippen molar-refractivity contribution in [1.82, 2.24) is 9.88 Å². The van der Waals surface area contributed by atoms with E-state index in [4.69, 9.17) is 0 Å². The molecule has 1 atom stereocenters. The van der Waals surface area contributed by atoms with Crippen LogP contribution in [0, 0.1) is 5.92 Å². The number of carbonyl (C=O) groups is 1. The second-order valence-electron chi connectivity index (χ2n) is 6.78. The molecule has 1 amide bonds. The van der Waals surface area contributed by atoms with Crippen LogP contribution in [-0.2, 0) is 24.7 Å². The van der Waals surface area contributed by atoms with Crippen LogP contribution in [0.2, 0.25) is 0 Å². The fourth-order valence-electron chi connectivity index (χ4n) is 3.30. The van der Waals surface area contributed by atoms with Crippen molar-refractivity contribution in [3.63, 3.8) is 0 Å². The van der Waals surface area contributed by atoms with E-state index in [-0.39, 0.29) is 18.6 Å². The van der Waals surface area contributed by atoms with Crippen molar-refractivity contribution in [2.75, 3.05) is 6.61 Å². The summed E-state index contributed by atoms with van der Waals surface area (Å²) in [5.41, 5.74) is 3.39. The van der Waals surface area contributed by atoms with Crippen molar-refractivity contribution in [3.8, 4) is 0 Å². The van der Waals surface area contributed by atoms with Gasteiger partial charge in [-0.1, -0.05) is 48.5 Å². The minimum absolute atomic E-state index is 0.0812. The first-order chi connectivity index (χ1) is 12.6. The Morgan fingerprint density at radius 2 is 1.81 bits per heavy atom. The number of hydrogen-bond acceptors (Lipinski definition) is 2. The summed E-state index contributed by atoms with van der Waals surface area (Å²) >= 11 is 0. The second-order valence-corrected chi connectivity index (χ2v) is 6.78. The zero-order valence-corrected chi connectivity index (χ0v) is 15.3. The third kappa shape index (κ3) is 4.14. The summed E-state index contributed by atoms with van der Waals surface area (Å²) in [5, 5.41) is 13.8. The molecule has 4 nitrogen and oxygen atoms in total. The van der Waals surface area contributed by atoms with Gasteiger partial charge in [-0.3, -0.25) is 4.79 Å². The predicted octanol–water partition coefficient (Wildman–Crippen LogP) is 3.03. The molecule has 0 aliphatic rings. The lowest BCUT2D eigenvalue weighted by Gasteiger charge is -2.19. The molecule has 1 radical (unpaired) electrons. The molecule has 4 heteroatoms. The quantitative estimate of drug-likeness (QED) is 0.689. The number of aliphatic hydroxyl groups excluding tert-OH is 1. The largest absolute Gasteiger partial charge is 0.394 e. The van der Waals surface area contributed by atoms with Gasteiger partial charge in [0.2, 0.25) is 5.91 Å². The Morgan fingerprint density at radius 3 is 2.54 bits per heavy atom. The maximum atomic E-state index is 12.6. The van der Waals surface area contributed by atoms with Crippen LogP contribution in [0.1, 0.15) is 18.1 Å². The SMILES string of the molecule is C[C](Cc1cn(C)c2ccccc12)C(=O)NC(CO)Cc1ccccc1. The zero-order valence-electron chi connectivity index (χ0n) is 15.3. The maximum Gasteiger partial charge on any atom is 0.227 e. The number of nitrogens with one attached hydrogen (secondary N) is 1. The van der Waals surface area contributed by atoms with Gasteiger partial charge in [0, 0.05) is 24.1 Å². The van der Waals surface area contributed by atoms with Crippen molar-refractivity contribution in [3.05, 3.63) is 77.8 Å². The summed E-state index contributed by atoms with van der Waals surface area (Å²) in [6, 6.07) is 17.8. The van der Waals surface area contributed by atoms with Gasteiger partial charge in [0.1, 0.15) is 0 Å². The lowest BCUT2D eigenvalue weighted by molar-refractivity contribution is -0.120. The van der Waals surface area contributed by atoms with E-state index in [1.807, 2.05) is 56.4 Å². The van der Waals surface area contributed by atoms with Gasteiger partial charge in [-0.05, 0) is 37.0 Å². The molecule has 0 aliphatic carbocycles. The van der Waals surface area contributed by atoms with Crippen LogP contribution < -0.4 is 5.32 Å². The normalized spacial score (nSPS) is 12.5. The highest BCUT2D eigenvalue weighted by molar-refractivity contribution is 5.91. The average molecular weight is 349 g/mol. The molecule has 1 aromatic heterocycles. The maximum absolute atomic E-state index is 12.6. The van der Waals surface area contributed by atoms with Gasteiger partial charge in [-0.15, -0.1) is 0 Å². The first-order valence-corrected chi connectivity index (χ1v) is 8.89. The summed E-state index contributed by atoms with van der Waals surface area (Å²) in [5.74, 6) is 0.640. The standard InChI is InChI=1S/C22H25N2O2/c1-16(12-18-14-24(2)21-11-7-6-10-20(18)21)22(26)23-19(15-25)13-17-8-4-3-5-9-17/h3-11,14,19,25H,12-13,15H2,1-2H3,(H,23,26). The third-order valence-electron chi connectivity index (χ3n) is 4.70. The molecule has 0 bridgehead atoms. The summed E-state index contributed by atoms with van der Waals surface area (Å²) in [6.45, 7) is 1.77. The Morgan fingerprint density at radius 1 is 1.12 bits per heavy atom. The van der Waals surface area contributed by atoms with Crippen LogP contribution in [0.4, 0.5) is 0 Å². The van der Waals surface area contributed by atoms with Crippen molar-refractivity contribution < 1.29 is 9.90 Å². The number of hydrogen-bond donors (Lipinski definition) is 2. The van der Waals surface area contributed by atoms with Crippen molar-refractivity contribution in [2.24, 2.45) is 7.05 Å². The van der Waals surface area contributed by atoms with E-state index >= 15 is 0 Å². The minimum atomic E-state index is -0.285. The lowest BCUT2D eigenvalue weighted by Crippen LogP contribution is -2.41. The van der Waals surface area contributed by atoms with E-state index in [0.717, 1.165) is 22.6 Å². The number of benzene rings is 2. The molecule has 0 spiro atoms. The van der Waals surface area contributed by atoms with Gasteiger partial charge in [0.25, 0.3) is 0 Å². The van der Waals surface area contributed by atoms with Crippen LogP contribution >= 0.6 is 0 Å². The van der Waals surface area contributed by atoms with Crippen molar-refractivity contribution in [2.45, 2.75) is 25.8 Å². The van der Waals surface area contributed by atoms with Crippen LogP contribution in [0.5, 0.6) is 0 Å². The first-order valence-electron chi connectivity index (χ1n) is 8.89. The molecule has 2 N–H and O–H groups in total. The number of aryl methyl sites for hydroxylation is 1. The van der Waals surface area contributed by atoms with E-state index in [0.29, 0.717) is 12.8 Å². The molecular weight excluding hydrogens is 324 g/mol. The molecule has 2 aromatic carbocycles. The topological polar surface area (TPSA) is 54.3 Å². The lowest BCUT2D eigenvalue weighted by atomic mass is 9.99. The number of aromatic nitrogens is 1. The van der Waals surface area contributed by atoms with E-state index in [9.17, 15) is 9.90 Å². The molecule has 0 fully saturated rings. The van der Waals surface area contributed by atoms with E-state index in [1.54, 1.807) is 0 Å². The molecule has 1 heterocycles. The van der Waals surface area contributed by atoms with E-state index in [1.165, 1.54) is 5.39 Å². The zero-order chi connectivity index (χ0) is 18.5. The van der Waals surface area contributed by atoms with Crippen molar-refractivity contribution >= 4 is 16.8 Å². The Hall–Kier alpha value is -2.59. The van der Waals surface area contributed by atoms with E-state index in [2.05, 4.69) is 28.2 Å². The van der Waals surface area contributed by atoms with E-state index < -0.39 is 0 Å². The van der Waals surface area contributed by atoms with Crippen molar-refractivity contribution in [1.29, 1.82) is 0 Å². The first kappa shape index (κ1) is 18.2. The Kier molecular flexibility index (Phi) is 5.74. The molecule has 0 saturated carbocycles. The number of fused-ring (bicyclic) bond motifs is 1. The number of carbonyl (C=O) groups excluding carboxylic acids is 1. The second kappa shape index (κ2) is 8.19. The van der Waals surface area contributed by atoms with Gasteiger partial charge in [0.05, 0.1) is 18.6 Å². The molecule has 0 aliphatic heterocycles. The third-order valence-corrected chi connectivity index (χ3v) is 4.70. The molecule has 3 aromatic rings. The number of amides is 1. The molecule has 3 rings (SSSR count). The van der Waals surface area contributed by atoms with Gasteiger partial charge in [-0.25, -0.2) is 0 Å². The average Bonchev–Trinajstić information content (AvgIpc) is 2.98. The summed E-state index contributed by atoms with van der Waals surface area (Å²) in [4.78, 5) is 12.6. The number of nitrogens with zero attached hydrogens (tertiary/aromatic N) is 1. The Bertz CT molecular complexity index is 870. The predicted molar refractivity (Wildman–Crippen MR) is 105 cm³/mol. The van der Waals surface area contributed by atoms with Gasteiger partial charge >= 0.3 is 0 Å². The fraction of sp³-hybridized carbons (Fsp3) is 0.273. The van der Waals surface area contributed by atoms with Crippen LogP contribution in [0.3, 0.4) is 0 Å². The highest BCUT2D eigenvalue weighted by Gasteiger charge is 2.20. The number of para-hydroxylation sites is 1. The Labute approximate surface area is 154 Å².